The fraction of sp³-hybridized carbons (Fsp3) is 0.500. The van der Waals surface area contributed by atoms with Gasteiger partial charge < -0.3 is 15.8 Å². The Morgan fingerprint density at radius 3 is 3.06 bits per heavy atom. The van der Waals surface area contributed by atoms with E-state index in [1.54, 1.807) is 0 Å². The average Bonchev–Trinajstić information content (AvgIpc) is 2.57. The summed E-state index contributed by atoms with van der Waals surface area (Å²) in [6.07, 6.45) is 2.40. The monoisotopic (exact) mass is 248 g/mol. The average molecular weight is 248 g/mol. The lowest BCUT2D eigenvalue weighted by Crippen LogP contribution is -2.36. The van der Waals surface area contributed by atoms with Crippen molar-refractivity contribution < 1.29 is 9.53 Å². The molecule has 0 bridgehead atoms. The number of rotatable bonds is 3. The molecule has 1 aromatic carbocycles. The van der Waals surface area contributed by atoms with E-state index in [2.05, 4.69) is 5.32 Å². The summed E-state index contributed by atoms with van der Waals surface area (Å²) in [4.78, 5) is 11.8. The maximum atomic E-state index is 11.8. The van der Waals surface area contributed by atoms with Crippen molar-refractivity contribution in [1.82, 2.24) is 5.32 Å². The third-order valence-electron chi connectivity index (χ3n) is 3.19. The van der Waals surface area contributed by atoms with Crippen LogP contribution in [-0.4, -0.2) is 18.6 Å². The van der Waals surface area contributed by atoms with Gasteiger partial charge in [0.2, 0.25) is 0 Å². The van der Waals surface area contributed by atoms with Gasteiger partial charge in [0.15, 0.2) is 6.10 Å². The third-order valence-corrected chi connectivity index (χ3v) is 3.19. The molecule has 1 saturated heterocycles. The van der Waals surface area contributed by atoms with Gasteiger partial charge in [0, 0.05) is 18.7 Å². The fourth-order valence-electron chi connectivity index (χ4n) is 2.16. The van der Waals surface area contributed by atoms with Crippen molar-refractivity contribution in [2.24, 2.45) is 5.73 Å². The van der Waals surface area contributed by atoms with Gasteiger partial charge in [-0.25, -0.2) is 0 Å². The number of nitrogens with two attached hydrogens (primary N) is 1. The predicted molar refractivity (Wildman–Crippen MR) is 70.3 cm³/mol. The first-order valence-electron chi connectivity index (χ1n) is 6.44. The summed E-state index contributed by atoms with van der Waals surface area (Å²) in [5.74, 6) is 0.709. The molecular formula is C14H20N2O2. The van der Waals surface area contributed by atoms with E-state index in [0.29, 0.717) is 6.54 Å². The minimum atomic E-state index is -0.388. The Hall–Kier alpha value is -1.55. The Morgan fingerprint density at radius 1 is 1.44 bits per heavy atom. The number of ether oxygens (including phenoxy) is 1. The van der Waals surface area contributed by atoms with Crippen LogP contribution in [0.25, 0.3) is 0 Å². The molecule has 1 atom stereocenters. The van der Waals surface area contributed by atoms with Gasteiger partial charge in [0.25, 0.3) is 5.91 Å². The maximum absolute atomic E-state index is 11.8. The SMILES string of the molecule is Cc1ccc(OC2CCCCNC2=O)c(CN)c1. The summed E-state index contributed by atoms with van der Waals surface area (Å²) in [7, 11) is 0. The zero-order valence-electron chi connectivity index (χ0n) is 10.7. The molecule has 0 saturated carbocycles. The highest BCUT2D eigenvalue weighted by molar-refractivity contribution is 5.81. The lowest BCUT2D eigenvalue weighted by molar-refractivity contribution is -0.127. The lowest BCUT2D eigenvalue weighted by Gasteiger charge is -2.18. The van der Waals surface area contributed by atoms with Crippen molar-refractivity contribution in [2.75, 3.05) is 6.54 Å². The number of aryl methyl sites for hydroxylation is 1. The van der Waals surface area contributed by atoms with Gasteiger partial charge in [-0.2, -0.15) is 0 Å². The van der Waals surface area contributed by atoms with Gasteiger partial charge in [-0.05, 0) is 32.3 Å². The molecule has 18 heavy (non-hydrogen) atoms. The summed E-state index contributed by atoms with van der Waals surface area (Å²) < 4.78 is 5.83. The van der Waals surface area contributed by atoms with Crippen LogP contribution < -0.4 is 15.8 Å². The van der Waals surface area contributed by atoms with Crippen LogP contribution in [0.3, 0.4) is 0 Å². The topological polar surface area (TPSA) is 64.3 Å². The molecule has 1 aliphatic heterocycles. The lowest BCUT2D eigenvalue weighted by atomic mass is 10.1. The van der Waals surface area contributed by atoms with E-state index in [0.717, 1.165) is 42.7 Å². The summed E-state index contributed by atoms with van der Waals surface area (Å²) in [6.45, 7) is 3.18. The van der Waals surface area contributed by atoms with Crippen LogP contribution in [-0.2, 0) is 11.3 Å². The minimum absolute atomic E-state index is 0.0175. The zero-order chi connectivity index (χ0) is 13.0. The largest absolute Gasteiger partial charge is 0.480 e. The fourth-order valence-corrected chi connectivity index (χ4v) is 2.16. The van der Waals surface area contributed by atoms with Crippen molar-refractivity contribution >= 4 is 5.91 Å². The first-order valence-corrected chi connectivity index (χ1v) is 6.44. The highest BCUT2D eigenvalue weighted by Gasteiger charge is 2.22. The van der Waals surface area contributed by atoms with Gasteiger partial charge in [0.05, 0.1) is 0 Å². The van der Waals surface area contributed by atoms with Crippen LogP contribution in [0.4, 0.5) is 0 Å². The molecule has 1 amide bonds. The molecule has 98 valence electrons. The van der Waals surface area contributed by atoms with E-state index in [1.165, 1.54) is 0 Å². The number of amides is 1. The molecule has 1 fully saturated rings. The minimum Gasteiger partial charge on any atom is -0.480 e. The quantitative estimate of drug-likeness (QED) is 0.852. The van der Waals surface area contributed by atoms with Gasteiger partial charge in [-0.15, -0.1) is 0 Å². The maximum Gasteiger partial charge on any atom is 0.261 e. The summed E-state index contributed by atoms with van der Waals surface area (Å²) in [6, 6.07) is 5.88. The predicted octanol–water partition coefficient (Wildman–Crippen LogP) is 1.50. The molecule has 1 unspecified atom stereocenters. The normalized spacial score (nSPS) is 20.1. The molecular weight excluding hydrogens is 228 g/mol. The van der Waals surface area contributed by atoms with Gasteiger partial charge in [-0.3, -0.25) is 4.79 Å². The van der Waals surface area contributed by atoms with E-state index >= 15 is 0 Å². The summed E-state index contributed by atoms with van der Waals surface area (Å²) >= 11 is 0. The standard InChI is InChI=1S/C14H20N2O2/c1-10-5-6-12(11(8-10)9-15)18-13-4-2-3-7-16-14(13)17/h5-6,8,13H,2-4,7,9,15H2,1H3,(H,16,17). The van der Waals surface area contributed by atoms with Crippen molar-refractivity contribution in [3.63, 3.8) is 0 Å². The van der Waals surface area contributed by atoms with Gasteiger partial charge in [0.1, 0.15) is 5.75 Å². The van der Waals surface area contributed by atoms with Crippen LogP contribution >= 0.6 is 0 Å². The van der Waals surface area contributed by atoms with Crippen molar-refractivity contribution in [3.8, 4) is 5.75 Å². The van der Waals surface area contributed by atoms with Crippen LogP contribution in [0, 0.1) is 6.92 Å². The highest BCUT2D eigenvalue weighted by Crippen LogP contribution is 2.22. The van der Waals surface area contributed by atoms with E-state index in [-0.39, 0.29) is 12.0 Å². The Labute approximate surface area is 108 Å². The molecule has 4 heteroatoms. The van der Waals surface area contributed by atoms with Gasteiger partial charge in [-0.1, -0.05) is 17.7 Å². The number of hydrogen-bond acceptors (Lipinski definition) is 3. The third kappa shape index (κ3) is 3.01. The number of nitrogens with one attached hydrogen (secondary N) is 1. The summed E-state index contributed by atoms with van der Waals surface area (Å²) in [5, 5.41) is 2.87. The Bertz CT molecular complexity index is 432. The molecule has 0 radical (unpaired) electrons. The molecule has 4 nitrogen and oxygen atoms in total. The Morgan fingerprint density at radius 2 is 2.28 bits per heavy atom. The second-order valence-electron chi connectivity index (χ2n) is 4.71. The van der Waals surface area contributed by atoms with E-state index in [4.69, 9.17) is 10.5 Å². The number of carbonyl (C=O) groups is 1. The molecule has 0 aromatic heterocycles. The molecule has 1 heterocycles. The highest BCUT2D eigenvalue weighted by atomic mass is 16.5. The van der Waals surface area contributed by atoms with Crippen LogP contribution in [0.15, 0.2) is 18.2 Å². The van der Waals surface area contributed by atoms with Crippen molar-refractivity contribution in [2.45, 2.75) is 38.8 Å². The Balaban J connectivity index is 2.14. The zero-order valence-corrected chi connectivity index (χ0v) is 10.7. The van der Waals surface area contributed by atoms with E-state index in [9.17, 15) is 4.79 Å². The first-order chi connectivity index (χ1) is 8.70. The second-order valence-corrected chi connectivity index (χ2v) is 4.71. The smallest absolute Gasteiger partial charge is 0.261 e. The molecule has 1 aliphatic rings. The van der Waals surface area contributed by atoms with E-state index < -0.39 is 0 Å². The first kappa shape index (κ1) is 12.9. The number of hydrogen-bond donors (Lipinski definition) is 2. The summed E-state index contributed by atoms with van der Waals surface area (Å²) in [5.41, 5.74) is 7.81. The Kier molecular flexibility index (Phi) is 4.20. The number of benzene rings is 1. The van der Waals surface area contributed by atoms with Crippen molar-refractivity contribution in [1.29, 1.82) is 0 Å². The molecule has 0 spiro atoms. The van der Waals surface area contributed by atoms with E-state index in [1.807, 2.05) is 25.1 Å². The van der Waals surface area contributed by atoms with Crippen LogP contribution in [0.1, 0.15) is 30.4 Å². The second kappa shape index (κ2) is 5.87. The van der Waals surface area contributed by atoms with Crippen molar-refractivity contribution in [3.05, 3.63) is 29.3 Å². The molecule has 3 N–H and O–H groups in total. The molecule has 1 aromatic rings. The molecule has 2 rings (SSSR count). The van der Waals surface area contributed by atoms with Crippen LogP contribution in [0.2, 0.25) is 0 Å². The van der Waals surface area contributed by atoms with Gasteiger partial charge >= 0.3 is 0 Å². The number of carbonyl (C=O) groups excluding carboxylic acids is 1. The van der Waals surface area contributed by atoms with Crippen LogP contribution in [0.5, 0.6) is 5.75 Å². The molecule has 0 aliphatic carbocycles.